The molecule has 1 N–H and O–H groups in total. The lowest BCUT2D eigenvalue weighted by Crippen LogP contribution is -2.42. The summed E-state index contributed by atoms with van der Waals surface area (Å²) in [4.78, 5) is 0.273. The van der Waals surface area contributed by atoms with Gasteiger partial charge >= 0.3 is 0 Å². The molecule has 0 saturated heterocycles. The van der Waals surface area contributed by atoms with E-state index < -0.39 is 15.6 Å². The molecule has 0 spiro atoms. The van der Waals surface area contributed by atoms with E-state index >= 15 is 0 Å². The Morgan fingerprint density at radius 1 is 1.09 bits per heavy atom. The quantitative estimate of drug-likeness (QED) is 0.926. The van der Waals surface area contributed by atoms with Crippen molar-refractivity contribution in [2.75, 3.05) is 10.8 Å². The predicted molar refractivity (Wildman–Crippen MR) is 86.3 cm³/mol. The van der Waals surface area contributed by atoms with Gasteiger partial charge < -0.3 is 5.11 Å². The Hall–Kier alpha value is -1.85. The average molecular weight is 317 g/mol. The van der Waals surface area contributed by atoms with Gasteiger partial charge in [-0.25, -0.2) is 8.42 Å². The van der Waals surface area contributed by atoms with E-state index in [1.165, 1.54) is 4.31 Å². The van der Waals surface area contributed by atoms with Crippen LogP contribution >= 0.6 is 0 Å². The van der Waals surface area contributed by atoms with Crippen molar-refractivity contribution < 1.29 is 13.5 Å². The highest BCUT2D eigenvalue weighted by Gasteiger charge is 2.37. The molecule has 22 heavy (non-hydrogen) atoms. The zero-order chi connectivity index (χ0) is 16.0. The normalized spacial score (nSPS) is 21.5. The van der Waals surface area contributed by atoms with E-state index in [4.69, 9.17) is 0 Å². The minimum absolute atomic E-state index is 0.264. The molecule has 0 aliphatic carbocycles. The van der Waals surface area contributed by atoms with Gasteiger partial charge in [0.2, 0.25) is 0 Å². The maximum Gasteiger partial charge on any atom is 0.264 e. The first-order chi connectivity index (χ1) is 10.3. The SMILES string of the molecule is Cc1ccc(S(=O)(=O)N2CCC(C)(O)c3ccccc32)cc1. The fourth-order valence-corrected chi connectivity index (χ4v) is 4.29. The Morgan fingerprint density at radius 3 is 2.41 bits per heavy atom. The van der Waals surface area contributed by atoms with Crippen molar-refractivity contribution in [3.8, 4) is 0 Å². The number of rotatable bonds is 2. The van der Waals surface area contributed by atoms with Crippen LogP contribution in [0.25, 0.3) is 0 Å². The fraction of sp³-hybridized carbons (Fsp3) is 0.294. The van der Waals surface area contributed by atoms with Gasteiger partial charge in [0.15, 0.2) is 0 Å². The minimum Gasteiger partial charge on any atom is -0.385 e. The van der Waals surface area contributed by atoms with Crippen LogP contribution in [0.2, 0.25) is 0 Å². The van der Waals surface area contributed by atoms with Gasteiger partial charge in [-0.1, -0.05) is 35.9 Å². The minimum atomic E-state index is -3.62. The number of para-hydroxylation sites is 1. The molecule has 1 atom stereocenters. The Bertz CT molecular complexity index is 795. The molecule has 1 aliphatic heterocycles. The Morgan fingerprint density at radius 2 is 1.73 bits per heavy atom. The van der Waals surface area contributed by atoms with Crippen LogP contribution in [0, 0.1) is 6.92 Å². The third-order valence-electron chi connectivity index (χ3n) is 4.16. The standard InChI is InChI=1S/C17H19NO3S/c1-13-7-9-14(10-8-13)22(20,21)18-12-11-17(2,19)15-5-3-4-6-16(15)18/h3-10,19H,11-12H2,1-2H3. The third kappa shape index (κ3) is 2.40. The van der Waals surface area contributed by atoms with Crippen molar-refractivity contribution >= 4 is 15.7 Å². The van der Waals surface area contributed by atoms with Gasteiger partial charge in [-0.15, -0.1) is 0 Å². The molecular formula is C17H19NO3S. The third-order valence-corrected chi connectivity index (χ3v) is 5.99. The number of aliphatic hydroxyl groups is 1. The molecular weight excluding hydrogens is 298 g/mol. The second-order valence-electron chi connectivity index (χ2n) is 5.93. The molecule has 0 radical (unpaired) electrons. The molecule has 2 aromatic rings. The molecule has 116 valence electrons. The van der Waals surface area contributed by atoms with E-state index in [0.717, 1.165) is 5.56 Å². The first-order valence-electron chi connectivity index (χ1n) is 7.24. The first kappa shape index (κ1) is 15.1. The topological polar surface area (TPSA) is 57.6 Å². The molecule has 0 bridgehead atoms. The second kappa shape index (κ2) is 5.11. The number of sulfonamides is 1. The van der Waals surface area contributed by atoms with Gasteiger partial charge in [-0.05, 0) is 38.5 Å². The maximum atomic E-state index is 12.9. The van der Waals surface area contributed by atoms with Crippen LogP contribution in [0.4, 0.5) is 5.69 Å². The molecule has 0 saturated carbocycles. The van der Waals surface area contributed by atoms with E-state index in [1.54, 1.807) is 49.4 Å². The van der Waals surface area contributed by atoms with Crippen LogP contribution in [0.3, 0.4) is 0 Å². The number of fused-ring (bicyclic) bond motifs is 1. The number of hydrogen-bond acceptors (Lipinski definition) is 3. The lowest BCUT2D eigenvalue weighted by molar-refractivity contribution is 0.0472. The average Bonchev–Trinajstić information content (AvgIpc) is 2.47. The fourth-order valence-electron chi connectivity index (χ4n) is 2.81. The van der Waals surface area contributed by atoms with Crippen LogP contribution in [0.1, 0.15) is 24.5 Å². The van der Waals surface area contributed by atoms with Gasteiger partial charge in [0.05, 0.1) is 16.2 Å². The molecule has 3 rings (SSSR count). The van der Waals surface area contributed by atoms with Crippen LogP contribution < -0.4 is 4.31 Å². The Labute approximate surface area is 131 Å². The van der Waals surface area contributed by atoms with E-state index in [-0.39, 0.29) is 11.4 Å². The summed E-state index contributed by atoms with van der Waals surface area (Å²) in [5.41, 5.74) is 1.22. The van der Waals surface area contributed by atoms with Crippen LogP contribution in [-0.4, -0.2) is 20.1 Å². The molecule has 1 aliphatic rings. The summed E-state index contributed by atoms with van der Waals surface area (Å²) >= 11 is 0. The number of hydrogen-bond donors (Lipinski definition) is 1. The van der Waals surface area contributed by atoms with Crippen molar-refractivity contribution in [3.05, 3.63) is 59.7 Å². The lowest BCUT2D eigenvalue weighted by atomic mass is 9.88. The largest absolute Gasteiger partial charge is 0.385 e. The molecule has 1 unspecified atom stereocenters. The molecule has 4 nitrogen and oxygen atoms in total. The van der Waals surface area contributed by atoms with Crippen molar-refractivity contribution in [3.63, 3.8) is 0 Å². The number of nitrogens with zero attached hydrogens (tertiary/aromatic N) is 1. The Kier molecular flexibility index (Phi) is 3.50. The summed E-state index contributed by atoms with van der Waals surface area (Å²) in [6, 6.07) is 14.0. The molecule has 1 heterocycles. The number of benzene rings is 2. The van der Waals surface area contributed by atoms with Crippen LogP contribution in [-0.2, 0) is 15.6 Å². The molecule has 0 amide bonds. The van der Waals surface area contributed by atoms with Crippen molar-refractivity contribution in [2.45, 2.75) is 30.8 Å². The summed E-state index contributed by atoms with van der Waals surface area (Å²) in [5.74, 6) is 0. The van der Waals surface area contributed by atoms with E-state index in [9.17, 15) is 13.5 Å². The van der Waals surface area contributed by atoms with Crippen LogP contribution in [0.15, 0.2) is 53.4 Å². The highest BCUT2D eigenvalue weighted by Crippen LogP contribution is 2.40. The number of anilines is 1. The molecule has 0 aromatic heterocycles. The molecule has 0 fully saturated rings. The van der Waals surface area contributed by atoms with Gasteiger partial charge in [0.1, 0.15) is 0 Å². The van der Waals surface area contributed by atoms with Crippen molar-refractivity contribution in [2.24, 2.45) is 0 Å². The van der Waals surface area contributed by atoms with Gasteiger partial charge in [-0.2, -0.15) is 0 Å². The van der Waals surface area contributed by atoms with E-state index in [0.29, 0.717) is 17.7 Å². The smallest absolute Gasteiger partial charge is 0.264 e. The second-order valence-corrected chi connectivity index (χ2v) is 7.79. The highest BCUT2D eigenvalue weighted by molar-refractivity contribution is 7.92. The Balaban J connectivity index is 2.11. The van der Waals surface area contributed by atoms with Gasteiger partial charge in [0, 0.05) is 12.1 Å². The summed E-state index contributed by atoms with van der Waals surface area (Å²) in [6.45, 7) is 3.91. The number of aryl methyl sites for hydroxylation is 1. The van der Waals surface area contributed by atoms with Crippen molar-refractivity contribution in [1.82, 2.24) is 0 Å². The monoisotopic (exact) mass is 317 g/mol. The van der Waals surface area contributed by atoms with Crippen molar-refractivity contribution in [1.29, 1.82) is 0 Å². The summed E-state index contributed by atoms with van der Waals surface area (Å²) < 4.78 is 27.2. The van der Waals surface area contributed by atoms with Gasteiger partial charge in [-0.3, -0.25) is 4.31 Å². The zero-order valence-electron chi connectivity index (χ0n) is 12.7. The predicted octanol–water partition coefficient (Wildman–Crippen LogP) is 2.80. The first-order valence-corrected chi connectivity index (χ1v) is 8.68. The summed E-state index contributed by atoms with van der Waals surface area (Å²) in [7, 11) is -3.62. The maximum absolute atomic E-state index is 12.9. The van der Waals surface area contributed by atoms with Crippen LogP contribution in [0.5, 0.6) is 0 Å². The lowest BCUT2D eigenvalue weighted by Gasteiger charge is -2.38. The van der Waals surface area contributed by atoms with E-state index in [1.807, 2.05) is 13.0 Å². The summed E-state index contributed by atoms with van der Waals surface area (Å²) in [5, 5.41) is 10.5. The molecule has 5 heteroatoms. The van der Waals surface area contributed by atoms with Gasteiger partial charge in [0.25, 0.3) is 10.0 Å². The van der Waals surface area contributed by atoms with E-state index in [2.05, 4.69) is 0 Å². The highest BCUT2D eigenvalue weighted by atomic mass is 32.2. The zero-order valence-corrected chi connectivity index (χ0v) is 13.5. The molecule has 2 aromatic carbocycles. The summed E-state index contributed by atoms with van der Waals surface area (Å²) in [6.07, 6.45) is 0.370.